The van der Waals surface area contributed by atoms with Gasteiger partial charge >= 0.3 is 0 Å². The van der Waals surface area contributed by atoms with Crippen LogP contribution in [0.1, 0.15) is 22.1 Å². The molecule has 1 aliphatic heterocycles. The number of morpholine rings is 1. The molecule has 0 aliphatic carbocycles. The Kier molecular flexibility index (Phi) is 5.29. The number of carbonyl (C=O) groups excluding carboxylic acids is 2. The summed E-state index contributed by atoms with van der Waals surface area (Å²) >= 11 is 6.28. The van der Waals surface area contributed by atoms with E-state index < -0.39 is 5.91 Å². The van der Waals surface area contributed by atoms with Crippen LogP contribution in [-0.2, 0) is 9.53 Å². The largest absolute Gasteiger partial charge is 0.377 e. The van der Waals surface area contributed by atoms with Gasteiger partial charge < -0.3 is 15.4 Å². The molecule has 0 bridgehead atoms. The van der Waals surface area contributed by atoms with Crippen LogP contribution < -0.4 is 5.73 Å². The first-order valence-electron chi connectivity index (χ1n) is 7.93. The molecular formula is C18H17ClN4O3. The Morgan fingerprint density at radius 2 is 2.12 bits per heavy atom. The summed E-state index contributed by atoms with van der Waals surface area (Å²) in [6.45, 7) is 4.85. The number of nitrogens with zero attached hydrogens (tertiary/aromatic N) is 3. The molecule has 26 heavy (non-hydrogen) atoms. The van der Waals surface area contributed by atoms with Gasteiger partial charge in [-0.2, -0.15) is 0 Å². The molecule has 134 valence electrons. The zero-order valence-electron chi connectivity index (χ0n) is 13.9. The number of nitrogens with two attached hydrogens (primary N) is 1. The fourth-order valence-electron chi connectivity index (χ4n) is 2.86. The van der Waals surface area contributed by atoms with Crippen LogP contribution >= 0.6 is 11.6 Å². The molecule has 2 aromatic rings. The van der Waals surface area contributed by atoms with Gasteiger partial charge in [-0.05, 0) is 35.9 Å². The first-order chi connectivity index (χ1) is 12.5. The van der Waals surface area contributed by atoms with E-state index in [1.165, 1.54) is 18.5 Å². The third kappa shape index (κ3) is 3.74. The number of hydrogen-bond donors (Lipinski definition) is 1. The summed E-state index contributed by atoms with van der Waals surface area (Å²) in [5, 5.41) is 0.480. The molecule has 1 unspecified atom stereocenters. The Morgan fingerprint density at radius 3 is 2.85 bits per heavy atom. The molecular weight excluding hydrogens is 356 g/mol. The topological polar surface area (TPSA) is 98.4 Å². The summed E-state index contributed by atoms with van der Waals surface area (Å²) in [7, 11) is 0. The molecule has 1 saturated heterocycles. The highest BCUT2D eigenvalue weighted by Crippen LogP contribution is 2.31. The summed E-state index contributed by atoms with van der Waals surface area (Å²) in [4.78, 5) is 33.2. The summed E-state index contributed by atoms with van der Waals surface area (Å²) in [6, 6.07) is 6.58. The Bertz CT molecular complexity index is 871. The minimum Gasteiger partial charge on any atom is -0.377 e. The highest BCUT2D eigenvalue weighted by molar-refractivity contribution is 6.31. The van der Waals surface area contributed by atoms with Crippen molar-refractivity contribution in [2.24, 2.45) is 5.73 Å². The molecule has 7 nitrogen and oxygen atoms in total. The molecule has 1 fully saturated rings. The van der Waals surface area contributed by atoms with Crippen LogP contribution in [0.5, 0.6) is 0 Å². The minimum absolute atomic E-state index is 0.112. The normalized spacial score (nSPS) is 17.0. The highest BCUT2D eigenvalue weighted by atomic mass is 35.5. The summed E-state index contributed by atoms with van der Waals surface area (Å²) < 4.78 is 5.54. The molecule has 1 aliphatic rings. The Balaban J connectivity index is 2.02. The smallest absolute Gasteiger partial charge is 0.267 e. The molecule has 2 amide bonds. The number of hydrogen-bond acceptors (Lipinski definition) is 5. The molecule has 2 N–H and O–H groups in total. The van der Waals surface area contributed by atoms with Gasteiger partial charge in [-0.3, -0.25) is 9.59 Å². The van der Waals surface area contributed by atoms with Gasteiger partial charge in [0.2, 0.25) is 5.91 Å². The highest BCUT2D eigenvalue weighted by Gasteiger charge is 2.28. The third-order valence-corrected chi connectivity index (χ3v) is 4.32. The van der Waals surface area contributed by atoms with E-state index in [0.29, 0.717) is 36.0 Å². The van der Waals surface area contributed by atoms with Gasteiger partial charge in [-0.25, -0.2) is 9.97 Å². The average Bonchev–Trinajstić information content (AvgIpc) is 2.67. The molecule has 0 spiro atoms. The Morgan fingerprint density at radius 1 is 1.31 bits per heavy atom. The van der Waals surface area contributed by atoms with Gasteiger partial charge in [0, 0.05) is 17.1 Å². The van der Waals surface area contributed by atoms with Crippen molar-refractivity contribution in [1.29, 1.82) is 0 Å². The Hall–Kier alpha value is -2.77. The summed E-state index contributed by atoms with van der Waals surface area (Å²) in [5.41, 5.74) is 7.40. The molecule has 0 saturated carbocycles. The van der Waals surface area contributed by atoms with E-state index >= 15 is 0 Å². The zero-order valence-corrected chi connectivity index (χ0v) is 14.6. The van der Waals surface area contributed by atoms with Crippen molar-refractivity contribution < 1.29 is 14.3 Å². The molecule has 1 atom stereocenters. The number of primary amides is 1. The lowest BCUT2D eigenvalue weighted by atomic mass is 10.00. The molecule has 2 heterocycles. The summed E-state index contributed by atoms with van der Waals surface area (Å²) in [6.07, 6.45) is 2.56. The fraction of sp³-hybridized carbons (Fsp3) is 0.222. The Labute approximate surface area is 155 Å². The number of aromatic nitrogens is 2. The average molecular weight is 373 g/mol. The number of benzene rings is 1. The van der Waals surface area contributed by atoms with Crippen molar-refractivity contribution in [3.63, 3.8) is 0 Å². The molecule has 1 aromatic carbocycles. The van der Waals surface area contributed by atoms with Gasteiger partial charge in [-0.15, -0.1) is 0 Å². The number of halogens is 1. The van der Waals surface area contributed by atoms with Crippen molar-refractivity contribution in [2.75, 3.05) is 19.8 Å². The van der Waals surface area contributed by atoms with Gasteiger partial charge in [-0.1, -0.05) is 18.2 Å². The van der Waals surface area contributed by atoms with E-state index in [9.17, 15) is 9.59 Å². The van der Waals surface area contributed by atoms with Crippen LogP contribution in [0.15, 0.2) is 43.2 Å². The predicted octanol–water partition coefficient (Wildman–Crippen LogP) is 1.98. The second kappa shape index (κ2) is 7.63. The van der Waals surface area contributed by atoms with Gasteiger partial charge in [0.25, 0.3) is 5.91 Å². The van der Waals surface area contributed by atoms with Crippen LogP contribution in [0, 0.1) is 0 Å². The summed E-state index contributed by atoms with van der Waals surface area (Å²) in [5.74, 6) is -0.808. The lowest BCUT2D eigenvalue weighted by Crippen LogP contribution is -2.42. The lowest BCUT2D eigenvalue weighted by molar-refractivity contribution is -0.134. The van der Waals surface area contributed by atoms with Crippen molar-refractivity contribution in [3.05, 3.63) is 59.5 Å². The second-order valence-corrected chi connectivity index (χ2v) is 6.19. The van der Waals surface area contributed by atoms with E-state index in [-0.39, 0.29) is 17.6 Å². The first-order valence-corrected chi connectivity index (χ1v) is 8.31. The number of ether oxygens (including phenoxy) is 1. The third-order valence-electron chi connectivity index (χ3n) is 4.11. The van der Waals surface area contributed by atoms with E-state index in [2.05, 4.69) is 16.5 Å². The number of amides is 2. The van der Waals surface area contributed by atoms with Crippen molar-refractivity contribution in [1.82, 2.24) is 14.9 Å². The van der Waals surface area contributed by atoms with Crippen LogP contribution in [-0.4, -0.2) is 46.4 Å². The van der Waals surface area contributed by atoms with E-state index in [0.717, 1.165) is 5.56 Å². The number of carbonyl (C=O) groups is 2. The predicted molar refractivity (Wildman–Crippen MR) is 96.5 cm³/mol. The zero-order chi connectivity index (χ0) is 18.7. The van der Waals surface area contributed by atoms with Gasteiger partial charge in [0.15, 0.2) is 0 Å². The SMILES string of the molecule is C=CC(=O)N1CCOCC1c1cc(Cl)cc(-c2cc(C(N)=O)ncn2)c1. The van der Waals surface area contributed by atoms with E-state index in [1.807, 2.05) is 6.07 Å². The van der Waals surface area contributed by atoms with Gasteiger partial charge in [0.1, 0.15) is 12.0 Å². The molecule has 0 radical (unpaired) electrons. The quantitative estimate of drug-likeness (QED) is 0.827. The monoisotopic (exact) mass is 372 g/mol. The number of rotatable bonds is 4. The standard InChI is InChI=1S/C18H17ClN4O3/c1-2-17(24)23-3-4-26-9-16(23)12-5-11(6-13(19)7-12)14-8-15(18(20)25)22-10-21-14/h2,5-8,10,16H,1,3-4,9H2,(H2,20,25). The molecule has 1 aromatic heterocycles. The van der Waals surface area contributed by atoms with Crippen LogP contribution in [0.4, 0.5) is 0 Å². The van der Waals surface area contributed by atoms with Crippen molar-refractivity contribution in [3.8, 4) is 11.3 Å². The second-order valence-electron chi connectivity index (χ2n) is 5.75. The van der Waals surface area contributed by atoms with Crippen LogP contribution in [0.3, 0.4) is 0 Å². The molecule has 3 rings (SSSR count). The van der Waals surface area contributed by atoms with Crippen LogP contribution in [0.2, 0.25) is 5.02 Å². The lowest BCUT2D eigenvalue weighted by Gasteiger charge is -2.35. The maximum absolute atomic E-state index is 12.2. The maximum atomic E-state index is 12.2. The van der Waals surface area contributed by atoms with E-state index in [1.54, 1.807) is 17.0 Å². The fourth-order valence-corrected chi connectivity index (χ4v) is 3.11. The first kappa shape index (κ1) is 18.0. The maximum Gasteiger partial charge on any atom is 0.267 e. The van der Waals surface area contributed by atoms with Crippen LogP contribution in [0.25, 0.3) is 11.3 Å². The van der Waals surface area contributed by atoms with Crippen molar-refractivity contribution >= 4 is 23.4 Å². The van der Waals surface area contributed by atoms with E-state index in [4.69, 9.17) is 22.1 Å². The minimum atomic E-state index is -0.640. The van der Waals surface area contributed by atoms with Gasteiger partial charge in [0.05, 0.1) is 24.9 Å². The molecule has 8 heteroatoms. The van der Waals surface area contributed by atoms with Crippen molar-refractivity contribution in [2.45, 2.75) is 6.04 Å².